The lowest BCUT2D eigenvalue weighted by Gasteiger charge is -2.31. The Hall–Kier alpha value is -2.44. The zero-order valence-corrected chi connectivity index (χ0v) is 12.7. The van der Waals surface area contributed by atoms with Gasteiger partial charge in [-0.1, -0.05) is 0 Å². The molecule has 7 nitrogen and oxygen atoms in total. The first-order valence-corrected chi connectivity index (χ1v) is 7.40. The molecule has 0 unspecified atom stereocenters. The molecule has 0 aromatic carbocycles. The minimum atomic E-state index is -0.143. The number of amides is 1. The summed E-state index contributed by atoms with van der Waals surface area (Å²) in [5.74, 6) is 0.665. The van der Waals surface area contributed by atoms with Crippen LogP contribution in [0.2, 0.25) is 0 Å². The molecule has 1 aliphatic rings. The van der Waals surface area contributed by atoms with E-state index in [-0.39, 0.29) is 17.4 Å². The van der Waals surface area contributed by atoms with E-state index in [1.54, 1.807) is 35.8 Å². The Labute approximate surface area is 128 Å². The minimum Gasteiger partial charge on any atom is -0.337 e. The molecule has 0 bridgehead atoms. The third kappa shape index (κ3) is 2.93. The summed E-state index contributed by atoms with van der Waals surface area (Å²) in [5, 5.41) is 4.16. The fourth-order valence-electron chi connectivity index (χ4n) is 2.87. The van der Waals surface area contributed by atoms with Crippen LogP contribution < -0.4 is 5.56 Å². The van der Waals surface area contributed by atoms with Crippen LogP contribution in [0.25, 0.3) is 0 Å². The number of carbonyl (C=O) groups is 1. The molecule has 3 heterocycles. The van der Waals surface area contributed by atoms with Gasteiger partial charge >= 0.3 is 0 Å². The van der Waals surface area contributed by atoms with Gasteiger partial charge in [-0.25, -0.2) is 4.98 Å². The number of aryl methyl sites for hydroxylation is 2. The van der Waals surface area contributed by atoms with Gasteiger partial charge in [0.15, 0.2) is 0 Å². The lowest BCUT2D eigenvalue weighted by atomic mass is 9.97. The second kappa shape index (κ2) is 5.75. The predicted molar refractivity (Wildman–Crippen MR) is 80.7 cm³/mol. The summed E-state index contributed by atoms with van der Waals surface area (Å²) in [5.41, 5.74) is 1.01. The first-order valence-electron chi connectivity index (χ1n) is 7.40. The molecule has 0 saturated carbocycles. The smallest absolute Gasteiger partial charge is 0.274 e. The molecule has 1 fully saturated rings. The molecule has 116 valence electrons. The topological polar surface area (TPSA) is 83.9 Å². The number of carbonyl (C=O) groups excluding carboxylic acids is 1. The molecule has 2 aromatic heterocycles. The summed E-state index contributed by atoms with van der Waals surface area (Å²) in [6.45, 7) is 3.07. The number of H-pyrrole nitrogens is 1. The zero-order chi connectivity index (χ0) is 15.7. The van der Waals surface area contributed by atoms with Gasteiger partial charge in [0, 0.05) is 44.0 Å². The average Bonchev–Trinajstić information content (AvgIpc) is 2.92. The molecular formula is C15H19N5O2. The van der Waals surface area contributed by atoms with Crippen molar-refractivity contribution in [2.45, 2.75) is 25.7 Å². The van der Waals surface area contributed by atoms with Crippen molar-refractivity contribution in [3.05, 3.63) is 45.9 Å². The Morgan fingerprint density at radius 3 is 2.95 bits per heavy atom. The highest BCUT2D eigenvalue weighted by Crippen LogP contribution is 2.24. The van der Waals surface area contributed by atoms with Gasteiger partial charge in [0.1, 0.15) is 11.5 Å². The molecule has 3 rings (SSSR count). The maximum atomic E-state index is 12.5. The van der Waals surface area contributed by atoms with Crippen molar-refractivity contribution < 1.29 is 4.79 Å². The summed E-state index contributed by atoms with van der Waals surface area (Å²) in [6.07, 6.45) is 3.56. The standard InChI is InChI=1S/C15H19N5O2/c1-10-8-13(21)17-14(16-10)11-4-3-6-20(9-11)15(22)12-5-7-19(2)18-12/h5,7-8,11H,3-4,6,9H2,1-2H3,(H,16,17,21)/t11-/m1/s1. The van der Waals surface area contributed by atoms with Gasteiger partial charge in [0.25, 0.3) is 11.5 Å². The minimum absolute atomic E-state index is 0.0639. The van der Waals surface area contributed by atoms with E-state index in [4.69, 9.17) is 0 Å². The Morgan fingerprint density at radius 2 is 2.27 bits per heavy atom. The van der Waals surface area contributed by atoms with Crippen molar-refractivity contribution in [2.75, 3.05) is 13.1 Å². The van der Waals surface area contributed by atoms with Crippen LogP contribution in [0.15, 0.2) is 23.1 Å². The van der Waals surface area contributed by atoms with Gasteiger partial charge in [-0.05, 0) is 25.8 Å². The zero-order valence-electron chi connectivity index (χ0n) is 12.7. The third-order valence-corrected chi connectivity index (χ3v) is 3.92. The highest BCUT2D eigenvalue weighted by Gasteiger charge is 2.27. The van der Waals surface area contributed by atoms with Gasteiger partial charge < -0.3 is 9.88 Å². The quantitative estimate of drug-likeness (QED) is 0.890. The van der Waals surface area contributed by atoms with E-state index in [0.717, 1.165) is 12.8 Å². The summed E-state index contributed by atoms with van der Waals surface area (Å²) in [4.78, 5) is 33.1. The van der Waals surface area contributed by atoms with Crippen LogP contribution in [0.3, 0.4) is 0 Å². The van der Waals surface area contributed by atoms with Crippen molar-refractivity contribution in [2.24, 2.45) is 7.05 Å². The van der Waals surface area contributed by atoms with Crippen molar-refractivity contribution >= 4 is 5.91 Å². The molecule has 1 amide bonds. The summed E-state index contributed by atoms with van der Waals surface area (Å²) < 4.78 is 1.62. The molecule has 1 N–H and O–H groups in total. The summed E-state index contributed by atoms with van der Waals surface area (Å²) >= 11 is 0. The largest absolute Gasteiger partial charge is 0.337 e. The van der Waals surface area contributed by atoms with Crippen LogP contribution in [0.1, 0.15) is 40.8 Å². The molecule has 0 aliphatic carbocycles. The second-order valence-corrected chi connectivity index (χ2v) is 5.74. The van der Waals surface area contributed by atoms with Gasteiger partial charge in [0.05, 0.1) is 0 Å². The lowest BCUT2D eigenvalue weighted by Crippen LogP contribution is -2.40. The fourth-order valence-corrected chi connectivity index (χ4v) is 2.87. The van der Waals surface area contributed by atoms with E-state index < -0.39 is 0 Å². The number of aromatic amines is 1. The molecule has 7 heteroatoms. The maximum Gasteiger partial charge on any atom is 0.274 e. The van der Waals surface area contributed by atoms with Crippen molar-refractivity contribution in [3.63, 3.8) is 0 Å². The number of aromatic nitrogens is 4. The van der Waals surface area contributed by atoms with Gasteiger partial charge in [-0.3, -0.25) is 14.3 Å². The number of hydrogen-bond acceptors (Lipinski definition) is 4. The van der Waals surface area contributed by atoms with Crippen LogP contribution in [0.4, 0.5) is 0 Å². The van der Waals surface area contributed by atoms with Gasteiger partial charge in [-0.2, -0.15) is 5.10 Å². The second-order valence-electron chi connectivity index (χ2n) is 5.74. The first kappa shape index (κ1) is 14.5. The molecule has 0 spiro atoms. The van der Waals surface area contributed by atoms with E-state index in [0.29, 0.717) is 30.3 Å². The van der Waals surface area contributed by atoms with Crippen molar-refractivity contribution in [1.82, 2.24) is 24.6 Å². The van der Waals surface area contributed by atoms with Crippen LogP contribution >= 0.6 is 0 Å². The van der Waals surface area contributed by atoms with E-state index in [1.165, 1.54) is 6.07 Å². The molecular weight excluding hydrogens is 282 g/mol. The monoisotopic (exact) mass is 301 g/mol. The Bertz CT molecular complexity index is 748. The SMILES string of the molecule is Cc1cc(=O)[nH]c([C@@H]2CCCN(C(=O)c3ccn(C)n3)C2)n1. The number of piperidine rings is 1. The van der Waals surface area contributed by atoms with Gasteiger partial charge in [-0.15, -0.1) is 0 Å². The molecule has 1 aliphatic heterocycles. The summed E-state index contributed by atoms with van der Waals surface area (Å²) in [6, 6.07) is 3.20. The maximum absolute atomic E-state index is 12.5. The molecule has 0 radical (unpaired) electrons. The molecule has 1 saturated heterocycles. The van der Waals surface area contributed by atoms with E-state index in [1.807, 2.05) is 0 Å². The van der Waals surface area contributed by atoms with Gasteiger partial charge in [0.2, 0.25) is 0 Å². The fraction of sp³-hybridized carbons (Fsp3) is 0.467. The number of rotatable bonds is 2. The van der Waals surface area contributed by atoms with Crippen molar-refractivity contribution in [1.29, 1.82) is 0 Å². The van der Waals surface area contributed by atoms with E-state index in [2.05, 4.69) is 15.1 Å². The number of nitrogens with one attached hydrogen (secondary N) is 1. The predicted octanol–water partition coefficient (Wildman–Crippen LogP) is 0.832. The van der Waals surface area contributed by atoms with Crippen molar-refractivity contribution in [3.8, 4) is 0 Å². The first-order chi connectivity index (χ1) is 10.5. The molecule has 2 aromatic rings. The molecule has 22 heavy (non-hydrogen) atoms. The van der Waals surface area contributed by atoms with Crippen LogP contribution in [0.5, 0.6) is 0 Å². The Kier molecular flexibility index (Phi) is 3.79. The number of likely N-dealkylation sites (tertiary alicyclic amines) is 1. The number of nitrogens with zero attached hydrogens (tertiary/aromatic N) is 4. The number of hydrogen-bond donors (Lipinski definition) is 1. The highest BCUT2D eigenvalue weighted by atomic mass is 16.2. The van der Waals surface area contributed by atoms with Crippen LogP contribution in [-0.2, 0) is 7.05 Å². The van der Waals surface area contributed by atoms with E-state index >= 15 is 0 Å². The third-order valence-electron chi connectivity index (χ3n) is 3.92. The van der Waals surface area contributed by atoms with Crippen LogP contribution in [0, 0.1) is 6.92 Å². The van der Waals surface area contributed by atoms with E-state index in [9.17, 15) is 9.59 Å². The highest BCUT2D eigenvalue weighted by molar-refractivity contribution is 5.92. The Balaban J connectivity index is 1.79. The van der Waals surface area contributed by atoms with Crippen LogP contribution in [-0.4, -0.2) is 43.6 Å². The normalized spacial score (nSPS) is 18.5. The lowest BCUT2D eigenvalue weighted by molar-refractivity contribution is 0.0697. The molecule has 1 atom stereocenters. The summed E-state index contributed by atoms with van der Waals surface area (Å²) in [7, 11) is 1.79. The Morgan fingerprint density at radius 1 is 1.45 bits per heavy atom. The average molecular weight is 301 g/mol.